The molecule has 6 nitrogen and oxygen atoms in total. The molecule has 1 aromatic heterocycles. The average molecular weight is 494 g/mol. The SMILES string of the molecule is CCOC(O)c1nc2ccccc2c(=O)n1C1CC2CCC(C)C(C1)N2C1CC2CCCCC1CC2. The van der Waals surface area contributed by atoms with Crippen LogP contribution >= 0.6 is 0 Å². The van der Waals surface area contributed by atoms with Crippen molar-refractivity contribution in [1.29, 1.82) is 0 Å². The number of hydrogen-bond acceptors (Lipinski definition) is 5. The van der Waals surface area contributed by atoms with E-state index in [1.54, 1.807) is 0 Å². The predicted molar refractivity (Wildman–Crippen MR) is 142 cm³/mol. The average Bonchev–Trinajstić information content (AvgIpc) is 2.86. The molecule has 0 amide bonds. The summed E-state index contributed by atoms with van der Waals surface area (Å²) in [6.45, 7) is 4.66. The zero-order valence-corrected chi connectivity index (χ0v) is 22.0. The molecule has 2 aromatic rings. The molecule has 0 radical (unpaired) electrons. The largest absolute Gasteiger partial charge is 0.362 e. The fraction of sp³-hybridized carbons (Fsp3) is 0.733. The van der Waals surface area contributed by atoms with Gasteiger partial charge in [0.1, 0.15) is 0 Å². The highest BCUT2D eigenvalue weighted by Crippen LogP contribution is 2.49. The Balaban J connectivity index is 1.37. The number of piperidine rings is 2. The van der Waals surface area contributed by atoms with Gasteiger partial charge in [-0.2, -0.15) is 0 Å². The molecule has 3 aliphatic carbocycles. The zero-order chi connectivity index (χ0) is 24.8. The number of aliphatic hydroxyl groups is 1. The first-order valence-corrected chi connectivity index (χ1v) is 14.6. The van der Waals surface area contributed by atoms with Gasteiger partial charge in [-0.3, -0.25) is 14.3 Å². The van der Waals surface area contributed by atoms with Crippen LogP contribution in [0.3, 0.4) is 0 Å². The van der Waals surface area contributed by atoms with Crippen LogP contribution in [0, 0.1) is 17.8 Å². The Morgan fingerprint density at radius 3 is 2.69 bits per heavy atom. The molecule has 2 aliphatic heterocycles. The first kappa shape index (κ1) is 24.6. The molecule has 6 heteroatoms. The number of benzene rings is 1. The van der Waals surface area contributed by atoms with Gasteiger partial charge in [0.2, 0.25) is 6.29 Å². The molecular formula is C30H43N3O3. The van der Waals surface area contributed by atoms with Gasteiger partial charge in [-0.25, -0.2) is 4.98 Å². The number of nitrogens with zero attached hydrogens (tertiary/aromatic N) is 3. The Bertz CT molecular complexity index is 1130. The Hall–Kier alpha value is -1.76. The molecular weight excluding hydrogens is 450 g/mol. The second-order valence-corrected chi connectivity index (χ2v) is 12.1. The highest BCUT2D eigenvalue weighted by atomic mass is 16.6. The fourth-order valence-corrected chi connectivity index (χ4v) is 8.39. The van der Waals surface area contributed by atoms with Crippen molar-refractivity contribution in [1.82, 2.24) is 14.5 Å². The third-order valence-corrected chi connectivity index (χ3v) is 10.1. The maximum Gasteiger partial charge on any atom is 0.261 e. The molecule has 4 bridgehead atoms. The molecule has 196 valence electrons. The van der Waals surface area contributed by atoms with Crippen molar-refractivity contribution in [2.24, 2.45) is 17.8 Å². The molecule has 0 spiro atoms. The molecule has 36 heavy (non-hydrogen) atoms. The van der Waals surface area contributed by atoms with Gasteiger partial charge in [0.15, 0.2) is 5.82 Å². The minimum Gasteiger partial charge on any atom is -0.362 e. The van der Waals surface area contributed by atoms with Crippen LogP contribution in [0.25, 0.3) is 10.9 Å². The minimum atomic E-state index is -1.19. The number of aromatic nitrogens is 2. The van der Waals surface area contributed by atoms with Crippen LogP contribution < -0.4 is 5.56 Å². The van der Waals surface area contributed by atoms with E-state index in [2.05, 4.69) is 11.8 Å². The van der Waals surface area contributed by atoms with Crippen molar-refractivity contribution in [2.45, 2.75) is 115 Å². The molecule has 5 aliphatic rings. The van der Waals surface area contributed by atoms with Crippen LogP contribution in [-0.4, -0.2) is 44.3 Å². The smallest absolute Gasteiger partial charge is 0.261 e. The summed E-state index contributed by atoms with van der Waals surface area (Å²) in [5, 5.41) is 11.5. The van der Waals surface area contributed by atoms with Gasteiger partial charge >= 0.3 is 0 Å². The normalized spacial score (nSPS) is 35.9. The van der Waals surface area contributed by atoms with Crippen LogP contribution in [0.5, 0.6) is 0 Å². The van der Waals surface area contributed by atoms with E-state index in [0.717, 1.165) is 24.7 Å². The molecule has 1 aromatic carbocycles. The monoisotopic (exact) mass is 493 g/mol. The van der Waals surface area contributed by atoms with Crippen molar-refractivity contribution in [3.8, 4) is 0 Å². The van der Waals surface area contributed by atoms with Crippen molar-refractivity contribution < 1.29 is 9.84 Å². The number of para-hydroxylation sites is 1. The van der Waals surface area contributed by atoms with E-state index in [4.69, 9.17) is 9.72 Å². The van der Waals surface area contributed by atoms with E-state index in [-0.39, 0.29) is 11.6 Å². The number of ether oxygens (including phenoxy) is 1. The Morgan fingerprint density at radius 1 is 1.00 bits per heavy atom. The predicted octanol–water partition coefficient (Wildman–Crippen LogP) is 5.59. The summed E-state index contributed by atoms with van der Waals surface area (Å²) in [7, 11) is 0. The maximum atomic E-state index is 13.9. The lowest BCUT2D eigenvalue weighted by atomic mass is 9.67. The zero-order valence-electron chi connectivity index (χ0n) is 22.0. The maximum absolute atomic E-state index is 13.9. The number of hydrogen-bond donors (Lipinski definition) is 1. The summed E-state index contributed by atoms with van der Waals surface area (Å²) in [5.41, 5.74) is 0.590. The van der Waals surface area contributed by atoms with Crippen LogP contribution in [0.15, 0.2) is 29.1 Å². The third-order valence-electron chi connectivity index (χ3n) is 10.1. The van der Waals surface area contributed by atoms with Crippen LogP contribution in [0.4, 0.5) is 0 Å². The van der Waals surface area contributed by atoms with Gasteiger partial charge in [-0.15, -0.1) is 0 Å². The topological polar surface area (TPSA) is 67.6 Å². The second kappa shape index (κ2) is 10.2. The van der Waals surface area contributed by atoms with E-state index in [1.807, 2.05) is 35.8 Å². The number of rotatable bonds is 5. The molecule has 1 N–H and O–H groups in total. The van der Waals surface area contributed by atoms with Crippen molar-refractivity contribution in [3.63, 3.8) is 0 Å². The van der Waals surface area contributed by atoms with E-state index in [0.29, 0.717) is 47.4 Å². The third kappa shape index (κ3) is 4.33. The first-order valence-electron chi connectivity index (χ1n) is 14.6. The van der Waals surface area contributed by atoms with E-state index in [1.165, 1.54) is 57.8 Å². The molecule has 3 heterocycles. The summed E-state index contributed by atoms with van der Waals surface area (Å²) < 4.78 is 7.40. The lowest BCUT2D eigenvalue weighted by Crippen LogP contribution is -2.62. The molecule has 7 rings (SSSR count). The molecule has 3 saturated carbocycles. The molecule has 5 fully saturated rings. The van der Waals surface area contributed by atoms with Crippen molar-refractivity contribution in [2.75, 3.05) is 6.61 Å². The van der Waals surface area contributed by atoms with Crippen LogP contribution in [0.1, 0.15) is 103 Å². The van der Waals surface area contributed by atoms with Gasteiger partial charge in [0.05, 0.1) is 10.9 Å². The summed E-state index contributed by atoms with van der Waals surface area (Å²) in [5.74, 6) is 2.74. The van der Waals surface area contributed by atoms with Gasteiger partial charge in [0.25, 0.3) is 5.56 Å². The van der Waals surface area contributed by atoms with Crippen LogP contribution in [-0.2, 0) is 4.74 Å². The van der Waals surface area contributed by atoms with Crippen LogP contribution in [0.2, 0.25) is 0 Å². The standard InChI is InChI=1S/C30H43N3O3/c1-3-36-30(35)28-31-25-11-7-6-10-24(25)29(34)33(28)23-17-22-15-12-19(2)26(18-23)32(22)27-16-20-8-4-5-9-21(27)14-13-20/h6-7,10-11,19-23,26-27,30,35H,3-5,8-9,12-18H2,1-2H3. The Labute approximate surface area is 215 Å². The highest BCUT2D eigenvalue weighted by molar-refractivity contribution is 5.77. The van der Waals surface area contributed by atoms with E-state index >= 15 is 0 Å². The van der Waals surface area contributed by atoms with Gasteiger partial charge in [0, 0.05) is 30.8 Å². The Kier molecular flexibility index (Phi) is 6.95. The van der Waals surface area contributed by atoms with E-state index < -0.39 is 6.29 Å². The second-order valence-electron chi connectivity index (χ2n) is 12.1. The fourth-order valence-electron chi connectivity index (χ4n) is 8.39. The van der Waals surface area contributed by atoms with Gasteiger partial charge < -0.3 is 9.84 Å². The highest BCUT2D eigenvalue weighted by Gasteiger charge is 2.48. The molecule has 2 saturated heterocycles. The van der Waals surface area contributed by atoms with Crippen molar-refractivity contribution in [3.05, 3.63) is 40.4 Å². The number of aliphatic hydroxyl groups excluding tert-OH is 1. The van der Waals surface area contributed by atoms with Gasteiger partial charge in [-0.1, -0.05) is 44.7 Å². The molecule has 8 atom stereocenters. The van der Waals surface area contributed by atoms with Gasteiger partial charge in [-0.05, 0) is 81.8 Å². The number of fused-ring (bicyclic) bond motifs is 9. The lowest BCUT2D eigenvalue weighted by molar-refractivity contribution is -0.111. The van der Waals surface area contributed by atoms with Crippen molar-refractivity contribution >= 4 is 10.9 Å². The summed E-state index contributed by atoms with van der Waals surface area (Å²) in [4.78, 5) is 21.6. The van der Waals surface area contributed by atoms with E-state index in [9.17, 15) is 9.90 Å². The Morgan fingerprint density at radius 2 is 1.83 bits per heavy atom. The summed E-state index contributed by atoms with van der Waals surface area (Å²) in [6, 6.07) is 9.26. The molecule has 8 unspecified atom stereocenters. The summed E-state index contributed by atoms with van der Waals surface area (Å²) in [6.07, 6.45) is 13.1. The first-order chi connectivity index (χ1) is 17.5. The summed E-state index contributed by atoms with van der Waals surface area (Å²) >= 11 is 0. The quantitative estimate of drug-likeness (QED) is 0.550. The lowest BCUT2D eigenvalue weighted by Gasteiger charge is -2.58. The minimum absolute atomic E-state index is 0.0384.